The van der Waals surface area contributed by atoms with Gasteiger partial charge in [0.05, 0.1) is 25.9 Å². The Balaban J connectivity index is 1.86. The minimum Gasteiger partial charge on any atom is -0.464 e. The number of amides is 1. The summed E-state index contributed by atoms with van der Waals surface area (Å²) in [5, 5.41) is 2.69. The molecule has 0 bridgehead atoms. The summed E-state index contributed by atoms with van der Waals surface area (Å²) in [6, 6.07) is 9.83. The molecular weight excluding hydrogens is 322 g/mol. The van der Waals surface area contributed by atoms with Crippen LogP contribution in [0.1, 0.15) is 45.1 Å². The average Bonchev–Trinajstić information content (AvgIpc) is 2.58. The fourth-order valence-electron chi connectivity index (χ4n) is 2.75. The lowest BCUT2D eigenvalue weighted by molar-refractivity contribution is -0.164. The van der Waals surface area contributed by atoms with Crippen molar-refractivity contribution in [2.45, 2.75) is 57.8 Å². The van der Waals surface area contributed by atoms with Gasteiger partial charge in [-0.15, -0.1) is 0 Å². The van der Waals surface area contributed by atoms with E-state index in [0.717, 1.165) is 18.4 Å². The van der Waals surface area contributed by atoms with E-state index in [4.69, 9.17) is 14.2 Å². The van der Waals surface area contributed by atoms with Gasteiger partial charge in [0.1, 0.15) is 5.54 Å². The van der Waals surface area contributed by atoms with E-state index in [1.165, 1.54) is 0 Å². The molecule has 6 nitrogen and oxygen atoms in total. The Kier molecular flexibility index (Phi) is 7.25. The molecule has 0 heterocycles. The summed E-state index contributed by atoms with van der Waals surface area (Å²) >= 11 is 0. The van der Waals surface area contributed by atoms with Crippen LogP contribution in [-0.2, 0) is 25.6 Å². The van der Waals surface area contributed by atoms with E-state index < -0.39 is 17.6 Å². The number of hydrogen-bond donors (Lipinski definition) is 1. The van der Waals surface area contributed by atoms with Crippen molar-refractivity contribution >= 4 is 12.1 Å². The van der Waals surface area contributed by atoms with Crippen LogP contribution in [0.2, 0.25) is 0 Å². The van der Waals surface area contributed by atoms with E-state index in [1.807, 2.05) is 37.3 Å². The van der Waals surface area contributed by atoms with E-state index in [1.54, 1.807) is 6.92 Å². The highest BCUT2D eigenvalue weighted by atomic mass is 16.6. The second-order valence-corrected chi connectivity index (χ2v) is 6.24. The van der Waals surface area contributed by atoms with Crippen LogP contribution >= 0.6 is 0 Å². The van der Waals surface area contributed by atoms with E-state index in [0.29, 0.717) is 26.1 Å². The molecule has 25 heavy (non-hydrogen) atoms. The first kappa shape index (κ1) is 19.2. The molecule has 1 amide bonds. The van der Waals surface area contributed by atoms with Gasteiger partial charge < -0.3 is 19.5 Å². The van der Waals surface area contributed by atoms with Crippen molar-refractivity contribution in [3.63, 3.8) is 0 Å². The Morgan fingerprint density at radius 1 is 1.16 bits per heavy atom. The lowest BCUT2D eigenvalue weighted by Gasteiger charge is -2.44. The summed E-state index contributed by atoms with van der Waals surface area (Å²) in [5.41, 5.74) is 0.0313. The third-order valence-electron chi connectivity index (χ3n) is 4.22. The zero-order valence-corrected chi connectivity index (χ0v) is 15.0. The van der Waals surface area contributed by atoms with Gasteiger partial charge in [-0.1, -0.05) is 43.7 Å². The number of esters is 1. The largest absolute Gasteiger partial charge is 0.464 e. The first-order valence-corrected chi connectivity index (χ1v) is 8.87. The molecule has 0 aliphatic heterocycles. The summed E-state index contributed by atoms with van der Waals surface area (Å²) < 4.78 is 16.1. The Morgan fingerprint density at radius 2 is 1.88 bits per heavy atom. The van der Waals surface area contributed by atoms with Crippen LogP contribution in [0.5, 0.6) is 0 Å². The van der Waals surface area contributed by atoms with Crippen molar-refractivity contribution in [2.75, 3.05) is 13.2 Å². The zero-order valence-electron chi connectivity index (χ0n) is 15.0. The van der Waals surface area contributed by atoms with E-state index in [2.05, 4.69) is 5.32 Å². The quantitative estimate of drug-likeness (QED) is 0.547. The average molecular weight is 349 g/mol. The van der Waals surface area contributed by atoms with Crippen molar-refractivity contribution in [1.82, 2.24) is 5.32 Å². The van der Waals surface area contributed by atoms with Crippen LogP contribution in [0.3, 0.4) is 0 Å². The Bertz CT molecular complexity index is 554. The molecule has 138 valence electrons. The Labute approximate surface area is 148 Å². The van der Waals surface area contributed by atoms with Crippen molar-refractivity contribution in [3.05, 3.63) is 35.9 Å². The molecule has 0 spiro atoms. The molecule has 1 aliphatic rings. The maximum Gasteiger partial charge on any atom is 0.408 e. The van der Waals surface area contributed by atoms with Crippen LogP contribution in [0.15, 0.2) is 30.3 Å². The molecule has 0 saturated heterocycles. The molecule has 6 heteroatoms. The van der Waals surface area contributed by atoms with Gasteiger partial charge in [-0.3, -0.25) is 0 Å². The summed E-state index contributed by atoms with van der Waals surface area (Å²) in [6.07, 6.45) is 1.83. The highest BCUT2D eigenvalue weighted by molar-refractivity contribution is 5.87. The predicted molar refractivity (Wildman–Crippen MR) is 93.0 cm³/mol. The number of carbonyl (C=O) groups excluding carboxylic acids is 2. The van der Waals surface area contributed by atoms with Crippen molar-refractivity contribution in [1.29, 1.82) is 0 Å². The molecule has 1 aromatic rings. The highest BCUT2D eigenvalue weighted by Crippen LogP contribution is 2.36. The lowest BCUT2D eigenvalue weighted by atomic mass is 9.74. The summed E-state index contributed by atoms with van der Waals surface area (Å²) in [5.74, 6) is -0.429. The van der Waals surface area contributed by atoms with Gasteiger partial charge in [0, 0.05) is 12.8 Å². The fraction of sp³-hybridized carbons (Fsp3) is 0.579. The third kappa shape index (κ3) is 5.46. The number of ether oxygens (including phenoxy) is 3. The molecule has 1 fully saturated rings. The number of unbranched alkanes of at least 4 members (excludes halogenated alkanes) is 1. The number of carbonyl (C=O) groups is 2. The first-order chi connectivity index (χ1) is 12.1. The SMILES string of the molecule is CCCCOC(=O)NC1(C(=O)OCC)CC(OCc2ccccc2)C1. The summed E-state index contributed by atoms with van der Waals surface area (Å²) in [4.78, 5) is 24.2. The number of hydrogen-bond acceptors (Lipinski definition) is 5. The fourth-order valence-corrected chi connectivity index (χ4v) is 2.75. The molecule has 2 rings (SSSR count). The summed E-state index contributed by atoms with van der Waals surface area (Å²) in [7, 11) is 0. The van der Waals surface area contributed by atoms with Gasteiger partial charge in [-0.25, -0.2) is 9.59 Å². The monoisotopic (exact) mass is 349 g/mol. The smallest absolute Gasteiger partial charge is 0.408 e. The molecule has 0 radical (unpaired) electrons. The Hall–Kier alpha value is -2.08. The van der Waals surface area contributed by atoms with Gasteiger partial charge in [0.15, 0.2) is 0 Å². The lowest BCUT2D eigenvalue weighted by Crippen LogP contribution is -2.65. The molecule has 1 aromatic carbocycles. The second kappa shape index (κ2) is 9.42. The standard InChI is InChI=1S/C19H27NO5/c1-3-5-11-24-18(22)20-19(17(21)23-4-2)12-16(13-19)25-14-15-9-7-6-8-10-15/h6-10,16H,3-5,11-14H2,1-2H3,(H,20,22). The van der Waals surface area contributed by atoms with Gasteiger partial charge in [0.2, 0.25) is 0 Å². The molecule has 1 N–H and O–H groups in total. The van der Waals surface area contributed by atoms with Crippen LogP contribution in [0, 0.1) is 0 Å². The number of nitrogens with one attached hydrogen (secondary N) is 1. The number of benzene rings is 1. The van der Waals surface area contributed by atoms with Gasteiger partial charge in [0.25, 0.3) is 0 Å². The van der Waals surface area contributed by atoms with Crippen molar-refractivity contribution in [3.8, 4) is 0 Å². The molecule has 0 atom stereocenters. The van der Waals surface area contributed by atoms with E-state index in [9.17, 15) is 9.59 Å². The molecule has 1 aliphatic carbocycles. The number of alkyl carbamates (subject to hydrolysis) is 1. The van der Waals surface area contributed by atoms with Crippen molar-refractivity contribution < 1.29 is 23.8 Å². The van der Waals surface area contributed by atoms with Gasteiger partial charge in [-0.05, 0) is 18.9 Å². The van der Waals surface area contributed by atoms with Crippen LogP contribution in [0.4, 0.5) is 4.79 Å². The van der Waals surface area contributed by atoms with Crippen LogP contribution < -0.4 is 5.32 Å². The second-order valence-electron chi connectivity index (χ2n) is 6.24. The maximum atomic E-state index is 12.3. The maximum absolute atomic E-state index is 12.3. The van der Waals surface area contributed by atoms with Crippen molar-refractivity contribution in [2.24, 2.45) is 0 Å². The topological polar surface area (TPSA) is 73.9 Å². The van der Waals surface area contributed by atoms with E-state index >= 15 is 0 Å². The molecule has 0 aromatic heterocycles. The van der Waals surface area contributed by atoms with E-state index in [-0.39, 0.29) is 12.7 Å². The number of rotatable bonds is 9. The molecule has 1 saturated carbocycles. The zero-order chi connectivity index (χ0) is 18.1. The third-order valence-corrected chi connectivity index (χ3v) is 4.22. The molecule has 0 unspecified atom stereocenters. The van der Waals surface area contributed by atoms with Gasteiger partial charge in [-0.2, -0.15) is 0 Å². The Morgan fingerprint density at radius 3 is 2.52 bits per heavy atom. The summed E-state index contributed by atoms with van der Waals surface area (Å²) in [6.45, 7) is 4.85. The van der Waals surface area contributed by atoms with Gasteiger partial charge >= 0.3 is 12.1 Å². The molecular formula is C19H27NO5. The first-order valence-electron chi connectivity index (χ1n) is 8.87. The van der Waals surface area contributed by atoms with Crippen LogP contribution in [-0.4, -0.2) is 36.9 Å². The normalized spacial score (nSPS) is 21.9. The minimum absolute atomic E-state index is 0.0967. The minimum atomic E-state index is -1.04. The van der Waals surface area contributed by atoms with Crippen LogP contribution in [0.25, 0.3) is 0 Å². The predicted octanol–water partition coefficient (Wildman–Crippen LogP) is 3.19. The highest BCUT2D eigenvalue weighted by Gasteiger charge is 2.53.